The van der Waals surface area contributed by atoms with E-state index >= 15 is 0 Å². The Balaban J connectivity index is 2.35. The summed E-state index contributed by atoms with van der Waals surface area (Å²) in [6, 6.07) is 7.76. The van der Waals surface area contributed by atoms with E-state index in [9.17, 15) is 18.0 Å². The molecule has 0 aliphatic rings. The number of carbonyl (C=O) groups excluding carboxylic acids is 1. The third-order valence-corrected chi connectivity index (χ3v) is 3.23. The second kappa shape index (κ2) is 6.87. The van der Waals surface area contributed by atoms with Gasteiger partial charge in [-0.15, -0.1) is 0 Å². The molecule has 0 spiro atoms. The Kier molecular flexibility index (Phi) is 5.10. The molecule has 7 heteroatoms. The summed E-state index contributed by atoms with van der Waals surface area (Å²) in [5, 5.41) is 0. The van der Waals surface area contributed by atoms with Gasteiger partial charge in [0.25, 0.3) is 5.91 Å². The van der Waals surface area contributed by atoms with E-state index < -0.39 is 17.6 Å². The van der Waals surface area contributed by atoms with Gasteiger partial charge in [0.1, 0.15) is 0 Å². The van der Waals surface area contributed by atoms with Gasteiger partial charge >= 0.3 is 6.18 Å². The summed E-state index contributed by atoms with van der Waals surface area (Å²) in [5.41, 5.74) is -0.611. The molecule has 124 valence electrons. The number of furan rings is 1. The molecule has 0 unspecified atom stereocenters. The van der Waals surface area contributed by atoms with Crippen LogP contribution in [0.2, 0.25) is 0 Å². The van der Waals surface area contributed by atoms with Crippen LogP contribution in [0.5, 0.6) is 0 Å². The number of likely N-dealkylation sites (N-methyl/N-ethyl adjacent to an activating group) is 1. The second-order valence-electron chi connectivity index (χ2n) is 5.29. The molecule has 1 aromatic carbocycles. The molecule has 1 aromatic heterocycles. The first kappa shape index (κ1) is 17.1. The summed E-state index contributed by atoms with van der Waals surface area (Å²) in [6.45, 7) is 0.747. The molecule has 2 rings (SSSR count). The highest BCUT2D eigenvalue weighted by atomic mass is 19.4. The highest BCUT2D eigenvalue weighted by Crippen LogP contribution is 2.32. The quantitative estimate of drug-likeness (QED) is 0.844. The largest absolute Gasteiger partial charge is 0.459 e. The third kappa shape index (κ3) is 4.35. The van der Waals surface area contributed by atoms with Crippen molar-refractivity contribution >= 4 is 11.6 Å². The molecule has 0 fully saturated rings. The number of rotatable bonds is 5. The van der Waals surface area contributed by atoms with Gasteiger partial charge in [-0.3, -0.25) is 4.79 Å². The normalized spacial score (nSPS) is 11.7. The van der Waals surface area contributed by atoms with Gasteiger partial charge in [-0.05, 0) is 44.4 Å². The minimum absolute atomic E-state index is 0.0844. The van der Waals surface area contributed by atoms with Crippen LogP contribution >= 0.6 is 0 Å². The van der Waals surface area contributed by atoms with Crippen molar-refractivity contribution in [1.29, 1.82) is 0 Å². The number of hydrogen-bond acceptors (Lipinski definition) is 3. The molecule has 0 aliphatic carbocycles. The number of benzene rings is 1. The zero-order valence-electron chi connectivity index (χ0n) is 12.8. The van der Waals surface area contributed by atoms with Crippen molar-refractivity contribution in [2.24, 2.45) is 0 Å². The zero-order valence-corrected chi connectivity index (χ0v) is 12.8. The second-order valence-corrected chi connectivity index (χ2v) is 5.29. The summed E-state index contributed by atoms with van der Waals surface area (Å²) in [4.78, 5) is 15.6. The van der Waals surface area contributed by atoms with E-state index in [1.807, 2.05) is 19.0 Å². The summed E-state index contributed by atoms with van der Waals surface area (Å²) >= 11 is 0. The Labute approximate surface area is 132 Å². The van der Waals surface area contributed by atoms with Crippen molar-refractivity contribution in [3.63, 3.8) is 0 Å². The lowest BCUT2D eigenvalue weighted by Crippen LogP contribution is -2.36. The molecule has 0 radical (unpaired) electrons. The number of carbonyl (C=O) groups is 1. The molecule has 4 nitrogen and oxygen atoms in total. The molecule has 23 heavy (non-hydrogen) atoms. The van der Waals surface area contributed by atoms with Gasteiger partial charge in [0.15, 0.2) is 5.76 Å². The molecule has 0 saturated heterocycles. The van der Waals surface area contributed by atoms with E-state index in [1.54, 1.807) is 6.07 Å². The number of amides is 1. The van der Waals surface area contributed by atoms with E-state index in [4.69, 9.17) is 4.42 Å². The summed E-state index contributed by atoms with van der Waals surface area (Å²) in [6.07, 6.45) is -3.11. The monoisotopic (exact) mass is 326 g/mol. The van der Waals surface area contributed by atoms with Crippen LogP contribution in [0.4, 0.5) is 18.9 Å². The maximum Gasteiger partial charge on any atom is 0.416 e. The average Bonchev–Trinajstić information content (AvgIpc) is 3.00. The van der Waals surface area contributed by atoms with Gasteiger partial charge in [-0.2, -0.15) is 13.2 Å². The van der Waals surface area contributed by atoms with E-state index in [0.717, 1.165) is 12.1 Å². The molecule has 0 N–H and O–H groups in total. The average molecular weight is 326 g/mol. The van der Waals surface area contributed by atoms with Gasteiger partial charge in [0.2, 0.25) is 0 Å². The predicted octanol–water partition coefficient (Wildman–Crippen LogP) is 3.51. The lowest BCUT2D eigenvalue weighted by atomic mass is 10.1. The van der Waals surface area contributed by atoms with Crippen molar-refractivity contribution in [3.05, 3.63) is 54.0 Å². The van der Waals surface area contributed by atoms with E-state index in [1.165, 1.54) is 29.4 Å². The first-order chi connectivity index (χ1) is 10.8. The SMILES string of the molecule is CN(C)CCN(C(=O)c1ccco1)c1cccc(C(F)(F)F)c1. The number of hydrogen-bond donors (Lipinski definition) is 0. The fourth-order valence-corrected chi connectivity index (χ4v) is 2.03. The lowest BCUT2D eigenvalue weighted by Gasteiger charge is -2.24. The van der Waals surface area contributed by atoms with Gasteiger partial charge in [-0.25, -0.2) is 0 Å². The van der Waals surface area contributed by atoms with Crippen molar-refractivity contribution in [3.8, 4) is 0 Å². The van der Waals surface area contributed by atoms with Gasteiger partial charge in [0, 0.05) is 18.8 Å². The minimum Gasteiger partial charge on any atom is -0.459 e. The van der Waals surface area contributed by atoms with Gasteiger partial charge < -0.3 is 14.2 Å². The third-order valence-electron chi connectivity index (χ3n) is 3.23. The number of nitrogens with zero attached hydrogens (tertiary/aromatic N) is 2. The molecule has 1 heterocycles. The van der Waals surface area contributed by atoms with Gasteiger partial charge in [-0.1, -0.05) is 6.07 Å². The van der Waals surface area contributed by atoms with Crippen LogP contribution in [-0.2, 0) is 6.18 Å². The Hall–Kier alpha value is -2.28. The summed E-state index contributed by atoms with van der Waals surface area (Å²) in [7, 11) is 3.64. The van der Waals surface area contributed by atoms with Crippen LogP contribution in [0, 0.1) is 0 Å². The minimum atomic E-state index is -4.46. The first-order valence-corrected chi connectivity index (χ1v) is 6.96. The Morgan fingerprint density at radius 1 is 1.13 bits per heavy atom. The van der Waals surface area contributed by atoms with Crippen molar-refractivity contribution < 1.29 is 22.4 Å². The maximum atomic E-state index is 12.9. The molecule has 0 saturated carbocycles. The molecule has 0 bridgehead atoms. The molecule has 1 amide bonds. The zero-order chi connectivity index (χ0) is 17.0. The van der Waals surface area contributed by atoms with Crippen LogP contribution in [0.3, 0.4) is 0 Å². The van der Waals surface area contributed by atoms with E-state index in [0.29, 0.717) is 6.54 Å². The van der Waals surface area contributed by atoms with Crippen LogP contribution in [0.25, 0.3) is 0 Å². The van der Waals surface area contributed by atoms with E-state index in [-0.39, 0.29) is 18.0 Å². The first-order valence-electron chi connectivity index (χ1n) is 6.96. The molecule has 0 aliphatic heterocycles. The Bertz CT molecular complexity index is 652. The summed E-state index contributed by atoms with van der Waals surface area (Å²) in [5.74, 6) is -0.391. The molecular formula is C16H17F3N2O2. The highest BCUT2D eigenvalue weighted by molar-refractivity contribution is 6.04. The van der Waals surface area contributed by atoms with E-state index in [2.05, 4.69) is 0 Å². The Morgan fingerprint density at radius 3 is 2.43 bits per heavy atom. The van der Waals surface area contributed by atoms with Gasteiger partial charge in [0.05, 0.1) is 11.8 Å². The fourth-order valence-electron chi connectivity index (χ4n) is 2.03. The van der Waals surface area contributed by atoms with Crippen molar-refractivity contribution in [1.82, 2.24) is 4.90 Å². The van der Waals surface area contributed by atoms with Crippen LogP contribution in [-0.4, -0.2) is 38.0 Å². The fraction of sp³-hybridized carbons (Fsp3) is 0.312. The number of anilines is 1. The standard InChI is InChI=1S/C16H17F3N2O2/c1-20(2)8-9-21(15(22)14-7-4-10-23-14)13-6-3-5-12(11-13)16(17,18)19/h3-7,10-11H,8-9H2,1-2H3. The molecule has 0 atom stereocenters. The summed E-state index contributed by atoms with van der Waals surface area (Å²) < 4.78 is 43.7. The predicted molar refractivity (Wildman–Crippen MR) is 80.4 cm³/mol. The highest BCUT2D eigenvalue weighted by Gasteiger charge is 2.31. The smallest absolute Gasteiger partial charge is 0.416 e. The van der Waals surface area contributed by atoms with Crippen LogP contribution < -0.4 is 4.90 Å². The number of alkyl halides is 3. The maximum absolute atomic E-state index is 12.9. The number of halogens is 3. The Morgan fingerprint density at radius 2 is 1.87 bits per heavy atom. The molecule has 2 aromatic rings. The van der Waals surface area contributed by atoms with Crippen molar-refractivity contribution in [2.75, 3.05) is 32.1 Å². The topological polar surface area (TPSA) is 36.7 Å². The lowest BCUT2D eigenvalue weighted by molar-refractivity contribution is -0.137. The van der Waals surface area contributed by atoms with Crippen molar-refractivity contribution in [2.45, 2.75) is 6.18 Å². The molecular weight excluding hydrogens is 309 g/mol. The van der Waals surface area contributed by atoms with Crippen LogP contribution in [0.1, 0.15) is 16.1 Å². The van der Waals surface area contributed by atoms with Crippen LogP contribution in [0.15, 0.2) is 47.1 Å².